The van der Waals surface area contributed by atoms with Gasteiger partial charge in [0, 0.05) is 18.0 Å². The van der Waals surface area contributed by atoms with E-state index in [0.717, 1.165) is 25.2 Å². The Morgan fingerprint density at radius 3 is 2.53 bits per heavy atom. The van der Waals surface area contributed by atoms with Crippen molar-refractivity contribution in [2.45, 2.75) is 63.5 Å². The highest BCUT2D eigenvalue weighted by atomic mass is 16.2. The minimum absolute atomic E-state index is 0.186. The average Bonchev–Trinajstić information content (AvgIpc) is 2.94. The third kappa shape index (κ3) is 2.22. The summed E-state index contributed by atoms with van der Waals surface area (Å²) in [7, 11) is 0. The lowest BCUT2D eigenvalue weighted by atomic mass is 9.86. The van der Waals surface area contributed by atoms with Crippen molar-refractivity contribution in [3.63, 3.8) is 0 Å². The van der Waals surface area contributed by atoms with Crippen LogP contribution in [0.25, 0.3) is 0 Å². The molecule has 3 aliphatic carbocycles. The van der Waals surface area contributed by atoms with E-state index in [1.165, 1.54) is 32.1 Å². The number of rotatable bonds is 2. The van der Waals surface area contributed by atoms with Crippen molar-refractivity contribution in [3.8, 4) is 0 Å². The first-order chi connectivity index (χ1) is 8.24. The fourth-order valence-corrected chi connectivity index (χ4v) is 4.19. The second-order valence-electron chi connectivity index (χ2n) is 6.34. The van der Waals surface area contributed by atoms with Crippen molar-refractivity contribution in [2.75, 3.05) is 0 Å². The standard InChI is InChI=1S/C14H24N2O/c15-12-3-1-2-4-13(12)16-14(17)11-8-9-5-6-10(11)7-9/h9-13H,1-8,15H2,(H,16,17)/t9-,10-,11-,12-,13-/m1/s1. The Balaban J connectivity index is 1.56. The Kier molecular flexibility index (Phi) is 3.12. The van der Waals surface area contributed by atoms with E-state index in [0.29, 0.717) is 17.7 Å². The van der Waals surface area contributed by atoms with Gasteiger partial charge in [0.15, 0.2) is 0 Å². The molecule has 3 saturated carbocycles. The Morgan fingerprint density at radius 1 is 1.06 bits per heavy atom. The normalized spacial score (nSPS) is 44.9. The van der Waals surface area contributed by atoms with Crippen LogP contribution in [-0.4, -0.2) is 18.0 Å². The van der Waals surface area contributed by atoms with Crippen LogP contribution in [-0.2, 0) is 4.79 Å². The number of nitrogens with one attached hydrogen (secondary N) is 1. The summed E-state index contributed by atoms with van der Waals surface area (Å²) in [6.45, 7) is 0. The van der Waals surface area contributed by atoms with Crippen LogP contribution in [0.3, 0.4) is 0 Å². The summed E-state index contributed by atoms with van der Waals surface area (Å²) in [6.07, 6.45) is 9.66. The van der Waals surface area contributed by atoms with Crippen molar-refractivity contribution in [1.82, 2.24) is 5.32 Å². The molecule has 3 aliphatic rings. The van der Waals surface area contributed by atoms with Crippen LogP contribution in [0.1, 0.15) is 51.4 Å². The van der Waals surface area contributed by atoms with Crippen LogP contribution < -0.4 is 11.1 Å². The van der Waals surface area contributed by atoms with E-state index in [2.05, 4.69) is 5.32 Å². The lowest BCUT2D eigenvalue weighted by molar-refractivity contribution is -0.127. The zero-order valence-corrected chi connectivity index (χ0v) is 10.5. The lowest BCUT2D eigenvalue weighted by Gasteiger charge is -2.31. The van der Waals surface area contributed by atoms with Gasteiger partial charge >= 0.3 is 0 Å². The molecule has 0 aromatic rings. The molecule has 0 saturated heterocycles. The molecular formula is C14H24N2O. The van der Waals surface area contributed by atoms with Crippen molar-refractivity contribution in [2.24, 2.45) is 23.5 Å². The van der Waals surface area contributed by atoms with Gasteiger partial charge in [-0.05, 0) is 43.9 Å². The molecule has 0 aliphatic heterocycles. The van der Waals surface area contributed by atoms with Gasteiger partial charge in [0.1, 0.15) is 0 Å². The second kappa shape index (κ2) is 4.60. The van der Waals surface area contributed by atoms with Crippen molar-refractivity contribution >= 4 is 5.91 Å². The Labute approximate surface area is 104 Å². The fourth-order valence-electron chi connectivity index (χ4n) is 4.19. The van der Waals surface area contributed by atoms with E-state index < -0.39 is 0 Å². The summed E-state index contributed by atoms with van der Waals surface area (Å²) < 4.78 is 0. The van der Waals surface area contributed by atoms with E-state index in [1.54, 1.807) is 0 Å². The molecule has 3 N–H and O–H groups in total. The maximum absolute atomic E-state index is 12.3. The van der Waals surface area contributed by atoms with Crippen molar-refractivity contribution in [3.05, 3.63) is 0 Å². The molecule has 2 bridgehead atoms. The molecule has 17 heavy (non-hydrogen) atoms. The largest absolute Gasteiger partial charge is 0.352 e. The minimum Gasteiger partial charge on any atom is -0.352 e. The number of amides is 1. The van der Waals surface area contributed by atoms with Gasteiger partial charge in [-0.3, -0.25) is 4.79 Å². The number of nitrogens with two attached hydrogens (primary N) is 1. The Bertz CT molecular complexity index is 305. The predicted octanol–water partition coefficient (Wildman–Crippen LogP) is 1.81. The number of hydrogen-bond acceptors (Lipinski definition) is 2. The van der Waals surface area contributed by atoms with E-state index in [9.17, 15) is 4.79 Å². The fraction of sp³-hybridized carbons (Fsp3) is 0.929. The SMILES string of the molecule is N[C@@H]1CCCC[C@H]1NC(=O)[C@@H]1C[C@@H]2CC[C@@H]1C2. The highest BCUT2D eigenvalue weighted by Crippen LogP contribution is 2.48. The molecule has 0 heterocycles. The summed E-state index contributed by atoms with van der Waals surface area (Å²) in [4.78, 5) is 12.3. The molecule has 3 fully saturated rings. The number of hydrogen-bond donors (Lipinski definition) is 2. The molecule has 0 aromatic carbocycles. The van der Waals surface area contributed by atoms with Gasteiger partial charge in [-0.2, -0.15) is 0 Å². The van der Waals surface area contributed by atoms with Crippen LogP contribution in [0, 0.1) is 17.8 Å². The van der Waals surface area contributed by atoms with Crippen LogP contribution >= 0.6 is 0 Å². The van der Waals surface area contributed by atoms with E-state index in [1.807, 2.05) is 0 Å². The van der Waals surface area contributed by atoms with Gasteiger partial charge in [0.25, 0.3) is 0 Å². The topological polar surface area (TPSA) is 55.1 Å². The predicted molar refractivity (Wildman–Crippen MR) is 67.3 cm³/mol. The molecule has 0 radical (unpaired) electrons. The molecular weight excluding hydrogens is 212 g/mol. The van der Waals surface area contributed by atoms with E-state index in [4.69, 9.17) is 5.73 Å². The Hall–Kier alpha value is -0.570. The lowest BCUT2D eigenvalue weighted by Crippen LogP contribution is -2.51. The smallest absolute Gasteiger partial charge is 0.223 e. The first-order valence-electron chi connectivity index (χ1n) is 7.30. The van der Waals surface area contributed by atoms with E-state index >= 15 is 0 Å². The van der Waals surface area contributed by atoms with Gasteiger partial charge in [-0.1, -0.05) is 19.3 Å². The third-order valence-electron chi connectivity index (χ3n) is 5.22. The number of carbonyl (C=O) groups is 1. The summed E-state index contributed by atoms with van der Waals surface area (Å²) in [5, 5.41) is 3.23. The molecule has 3 rings (SSSR count). The van der Waals surface area contributed by atoms with Gasteiger partial charge in [0.05, 0.1) is 0 Å². The molecule has 96 valence electrons. The van der Waals surface area contributed by atoms with Gasteiger partial charge in [-0.15, -0.1) is 0 Å². The quantitative estimate of drug-likeness (QED) is 0.768. The number of carbonyl (C=O) groups excluding carboxylic acids is 1. The van der Waals surface area contributed by atoms with Crippen LogP contribution in [0.2, 0.25) is 0 Å². The summed E-state index contributed by atoms with van der Waals surface area (Å²) in [5.74, 6) is 2.14. The first kappa shape index (κ1) is 11.5. The molecule has 3 heteroatoms. The Morgan fingerprint density at radius 2 is 1.88 bits per heavy atom. The average molecular weight is 236 g/mol. The van der Waals surface area contributed by atoms with Crippen LogP contribution in [0.4, 0.5) is 0 Å². The maximum atomic E-state index is 12.3. The number of fused-ring (bicyclic) bond motifs is 2. The van der Waals surface area contributed by atoms with Crippen molar-refractivity contribution < 1.29 is 4.79 Å². The third-order valence-corrected chi connectivity index (χ3v) is 5.22. The monoisotopic (exact) mass is 236 g/mol. The van der Waals surface area contributed by atoms with E-state index in [-0.39, 0.29) is 12.1 Å². The first-order valence-corrected chi connectivity index (χ1v) is 7.30. The molecule has 0 aromatic heterocycles. The van der Waals surface area contributed by atoms with Gasteiger partial charge < -0.3 is 11.1 Å². The molecule has 0 unspecified atom stereocenters. The highest BCUT2D eigenvalue weighted by Gasteiger charge is 2.43. The molecule has 3 nitrogen and oxygen atoms in total. The zero-order chi connectivity index (χ0) is 11.8. The summed E-state index contributed by atoms with van der Waals surface area (Å²) >= 11 is 0. The maximum Gasteiger partial charge on any atom is 0.223 e. The molecule has 1 amide bonds. The van der Waals surface area contributed by atoms with Crippen LogP contribution in [0.5, 0.6) is 0 Å². The van der Waals surface area contributed by atoms with Crippen LogP contribution in [0.15, 0.2) is 0 Å². The molecule has 0 spiro atoms. The highest BCUT2D eigenvalue weighted by molar-refractivity contribution is 5.79. The second-order valence-corrected chi connectivity index (χ2v) is 6.34. The van der Waals surface area contributed by atoms with Crippen molar-refractivity contribution in [1.29, 1.82) is 0 Å². The zero-order valence-electron chi connectivity index (χ0n) is 10.5. The minimum atomic E-state index is 0.186. The molecule has 5 atom stereocenters. The van der Waals surface area contributed by atoms with Gasteiger partial charge in [-0.25, -0.2) is 0 Å². The summed E-state index contributed by atoms with van der Waals surface area (Å²) in [6, 6.07) is 0.432. The van der Waals surface area contributed by atoms with Gasteiger partial charge in [0.2, 0.25) is 5.91 Å². The summed E-state index contributed by atoms with van der Waals surface area (Å²) in [5.41, 5.74) is 6.09.